The topological polar surface area (TPSA) is 104 Å². The molecule has 0 atom stereocenters. The molecule has 0 unspecified atom stereocenters. The fraction of sp³-hybridized carbons (Fsp3) is 0.167. The van der Waals surface area contributed by atoms with Crippen LogP contribution in [0.3, 0.4) is 0 Å². The summed E-state index contributed by atoms with van der Waals surface area (Å²) in [6.07, 6.45) is 0. The minimum atomic E-state index is -3.84. The predicted octanol–water partition coefficient (Wildman–Crippen LogP) is 4.78. The van der Waals surface area contributed by atoms with Crippen LogP contribution in [0.15, 0.2) is 77.7 Å². The van der Waals surface area contributed by atoms with E-state index in [0.29, 0.717) is 17.8 Å². The van der Waals surface area contributed by atoms with E-state index in [1.54, 1.807) is 42.5 Å². The van der Waals surface area contributed by atoms with Crippen molar-refractivity contribution in [1.29, 1.82) is 0 Å². The zero-order chi connectivity index (χ0) is 24.0. The molecule has 0 saturated carbocycles. The van der Waals surface area contributed by atoms with E-state index in [4.69, 9.17) is 11.6 Å². The van der Waals surface area contributed by atoms with Gasteiger partial charge in [0, 0.05) is 12.2 Å². The average molecular weight is 486 g/mol. The van der Waals surface area contributed by atoms with Crippen LogP contribution in [0.25, 0.3) is 0 Å². The second kappa shape index (κ2) is 10.5. The highest BCUT2D eigenvalue weighted by atomic mass is 35.5. The summed E-state index contributed by atoms with van der Waals surface area (Å²) in [6, 6.07) is 18.7. The maximum atomic E-state index is 13.0. The van der Waals surface area contributed by atoms with Crippen LogP contribution in [0.5, 0.6) is 0 Å². The zero-order valence-electron chi connectivity index (χ0n) is 18.1. The number of anilines is 2. The quantitative estimate of drug-likeness (QED) is 0.427. The maximum absolute atomic E-state index is 13.0. The summed E-state index contributed by atoms with van der Waals surface area (Å²) in [5.41, 5.74) is 0.859. The molecular weight excluding hydrogens is 462 g/mol. The average Bonchev–Trinajstić information content (AvgIpc) is 2.79. The van der Waals surface area contributed by atoms with Gasteiger partial charge in [-0.1, -0.05) is 55.8 Å². The molecule has 3 aromatic carbocycles. The van der Waals surface area contributed by atoms with Gasteiger partial charge in [-0.25, -0.2) is 8.42 Å². The summed E-state index contributed by atoms with van der Waals surface area (Å²) in [7, 11) is -3.84. The lowest BCUT2D eigenvalue weighted by atomic mass is 10.1. The van der Waals surface area contributed by atoms with Gasteiger partial charge >= 0.3 is 0 Å². The Hall–Kier alpha value is -3.36. The van der Waals surface area contributed by atoms with Gasteiger partial charge in [0.25, 0.3) is 21.8 Å². The Kier molecular flexibility index (Phi) is 7.73. The number of halogens is 1. The third kappa shape index (κ3) is 6.34. The highest BCUT2D eigenvalue weighted by molar-refractivity contribution is 7.92. The van der Waals surface area contributed by atoms with Crippen LogP contribution >= 0.6 is 11.6 Å². The standard InChI is InChI=1S/C24H24ClN3O4S/c1-16(2)15-26-23(29)19-10-6-7-11-22(19)27-24(30)20-14-17(12-13-21(20)25)28-33(31,32)18-8-4-3-5-9-18/h3-14,16,28H,15H2,1-2H3,(H,26,29)(H,27,30). The summed E-state index contributed by atoms with van der Waals surface area (Å²) < 4.78 is 27.6. The zero-order valence-corrected chi connectivity index (χ0v) is 19.7. The Morgan fingerprint density at radius 2 is 1.55 bits per heavy atom. The first-order valence-electron chi connectivity index (χ1n) is 10.2. The fourth-order valence-corrected chi connectivity index (χ4v) is 4.22. The molecule has 0 saturated heterocycles. The number of carbonyl (C=O) groups is 2. The second-order valence-corrected chi connectivity index (χ2v) is 9.81. The van der Waals surface area contributed by atoms with Gasteiger partial charge in [0.2, 0.25) is 0 Å². The number of nitrogens with one attached hydrogen (secondary N) is 3. The van der Waals surface area contributed by atoms with Gasteiger partial charge in [-0.15, -0.1) is 0 Å². The molecule has 0 aliphatic carbocycles. The lowest BCUT2D eigenvalue weighted by molar-refractivity contribution is 0.0950. The van der Waals surface area contributed by atoms with Crippen LogP contribution in [0.2, 0.25) is 5.02 Å². The van der Waals surface area contributed by atoms with Crippen molar-refractivity contribution in [3.63, 3.8) is 0 Å². The number of para-hydroxylation sites is 1. The molecule has 0 radical (unpaired) electrons. The van der Waals surface area contributed by atoms with Crippen LogP contribution < -0.4 is 15.4 Å². The van der Waals surface area contributed by atoms with E-state index in [2.05, 4.69) is 15.4 Å². The van der Waals surface area contributed by atoms with Crippen molar-refractivity contribution in [2.45, 2.75) is 18.7 Å². The Morgan fingerprint density at radius 1 is 0.879 bits per heavy atom. The Labute approximate surface area is 198 Å². The summed E-state index contributed by atoms with van der Waals surface area (Å²) >= 11 is 6.22. The van der Waals surface area contributed by atoms with Gasteiger partial charge in [-0.2, -0.15) is 0 Å². The maximum Gasteiger partial charge on any atom is 0.261 e. The van der Waals surface area contributed by atoms with Crippen molar-refractivity contribution in [2.75, 3.05) is 16.6 Å². The molecule has 172 valence electrons. The van der Waals surface area contributed by atoms with Crippen LogP contribution in [-0.2, 0) is 10.0 Å². The molecule has 0 bridgehead atoms. The van der Waals surface area contributed by atoms with E-state index in [1.165, 1.54) is 30.3 Å². The number of sulfonamides is 1. The third-order valence-corrected chi connectivity index (χ3v) is 6.33. The van der Waals surface area contributed by atoms with E-state index in [1.807, 2.05) is 13.8 Å². The van der Waals surface area contributed by atoms with Crippen molar-refractivity contribution in [1.82, 2.24) is 5.32 Å². The molecule has 0 aromatic heterocycles. The summed E-state index contributed by atoms with van der Waals surface area (Å²) in [6.45, 7) is 4.46. The number of amides is 2. The van der Waals surface area contributed by atoms with Gasteiger partial charge < -0.3 is 10.6 Å². The minimum Gasteiger partial charge on any atom is -0.352 e. The molecule has 0 aliphatic heterocycles. The van der Waals surface area contributed by atoms with E-state index in [9.17, 15) is 18.0 Å². The van der Waals surface area contributed by atoms with E-state index >= 15 is 0 Å². The summed E-state index contributed by atoms with van der Waals surface area (Å²) in [5.74, 6) is -0.614. The fourth-order valence-electron chi connectivity index (χ4n) is 2.95. The van der Waals surface area contributed by atoms with Crippen LogP contribution in [-0.4, -0.2) is 26.8 Å². The van der Waals surface area contributed by atoms with E-state index < -0.39 is 15.9 Å². The first-order chi connectivity index (χ1) is 15.7. The molecule has 9 heteroatoms. The van der Waals surface area contributed by atoms with Crippen molar-refractivity contribution in [3.05, 3.63) is 88.9 Å². The molecule has 3 aromatic rings. The molecule has 3 N–H and O–H groups in total. The molecule has 33 heavy (non-hydrogen) atoms. The molecule has 0 spiro atoms. The molecular formula is C24H24ClN3O4S. The summed E-state index contributed by atoms with van der Waals surface area (Å²) in [5, 5.41) is 5.65. The highest BCUT2D eigenvalue weighted by Crippen LogP contribution is 2.25. The monoisotopic (exact) mass is 485 g/mol. The van der Waals surface area contributed by atoms with Gasteiger partial charge in [0.15, 0.2) is 0 Å². The van der Waals surface area contributed by atoms with Crippen molar-refractivity contribution < 1.29 is 18.0 Å². The normalized spacial score (nSPS) is 11.2. The van der Waals surface area contributed by atoms with Crippen LogP contribution in [0, 0.1) is 5.92 Å². The molecule has 2 amide bonds. The first kappa shape index (κ1) is 24.3. The van der Waals surface area contributed by atoms with Crippen LogP contribution in [0.1, 0.15) is 34.6 Å². The van der Waals surface area contributed by atoms with Crippen molar-refractivity contribution >= 4 is 44.8 Å². The van der Waals surface area contributed by atoms with Crippen LogP contribution in [0.4, 0.5) is 11.4 Å². The molecule has 0 fully saturated rings. The molecule has 3 rings (SSSR count). The number of benzene rings is 3. The molecule has 0 heterocycles. The smallest absolute Gasteiger partial charge is 0.261 e. The Balaban J connectivity index is 1.82. The minimum absolute atomic E-state index is 0.0577. The second-order valence-electron chi connectivity index (χ2n) is 7.72. The number of rotatable bonds is 8. The lowest BCUT2D eigenvalue weighted by Crippen LogP contribution is -2.28. The predicted molar refractivity (Wildman–Crippen MR) is 130 cm³/mol. The van der Waals surface area contributed by atoms with E-state index in [-0.39, 0.29) is 33.0 Å². The highest BCUT2D eigenvalue weighted by Gasteiger charge is 2.19. The lowest BCUT2D eigenvalue weighted by Gasteiger charge is -2.14. The van der Waals surface area contributed by atoms with Crippen molar-refractivity contribution in [2.24, 2.45) is 5.92 Å². The Bertz CT molecular complexity index is 1260. The number of carbonyl (C=O) groups excluding carboxylic acids is 2. The van der Waals surface area contributed by atoms with Crippen molar-refractivity contribution in [3.8, 4) is 0 Å². The third-order valence-electron chi connectivity index (χ3n) is 4.61. The number of hydrogen-bond donors (Lipinski definition) is 3. The van der Waals surface area contributed by atoms with E-state index in [0.717, 1.165) is 0 Å². The largest absolute Gasteiger partial charge is 0.352 e. The van der Waals surface area contributed by atoms with Gasteiger partial charge in [-0.05, 0) is 48.4 Å². The summed E-state index contributed by atoms with van der Waals surface area (Å²) in [4.78, 5) is 25.6. The number of hydrogen-bond acceptors (Lipinski definition) is 4. The van der Waals surface area contributed by atoms with Gasteiger partial charge in [0.1, 0.15) is 0 Å². The van der Waals surface area contributed by atoms with Gasteiger partial charge in [0.05, 0.1) is 26.7 Å². The van der Waals surface area contributed by atoms with Gasteiger partial charge in [-0.3, -0.25) is 14.3 Å². The Morgan fingerprint density at radius 3 is 2.24 bits per heavy atom. The first-order valence-corrected chi connectivity index (χ1v) is 12.1. The SMILES string of the molecule is CC(C)CNC(=O)c1ccccc1NC(=O)c1cc(NS(=O)(=O)c2ccccc2)ccc1Cl. The molecule has 0 aliphatic rings. The molecule has 7 nitrogen and oxygen atoms in total.